The highest BCUT2D eigenvalue weighted by Gasteiger charge is 2.19. The lowest BCUT2D eigenvalue weighted by Gasteiger charge is -2.26. The van der Waals surface area contributed by atoms with E-state index in [4.69, 9.17) is 0 Å². The summed E-state index contributed by atoms with van der Waals surface area (Å²) in [7, 11) is 0. The Kier molecular flexibility index (Phi) is 5.26. The largest absolute Gasteiger partial charge is 0.314 e. The first-order valence-electron chi connectivity index (χ1n) is 7.46. The first kappa shape index (κ1) is 13.3. The topological polar surface area (TPSA) is 27.3 Å². The average Bonchev–Trinajstić information content (AvgIpc) is 2.90. The smallest absolute Gasteiger partial charge is 0.0169 e. The molecule has 0 aromatic heterocycles. The minimum atomic E-state index is 0.629. The molecule has 0 spiro atoms. The van der Waals surface area contributed by atoms with Crippen molar-refractivity contribution in [3.63, 3.8) is 0 Å². The molecule has 3 unspecified atom stereocenters. The van der Waals surface area contributed by atoms with Crippen LogP contribution in [0.2, 0.25) is 0 Å². The van der Waals surface area contributed by atoms with E-state index < -0.39 is 0 Å². The summed E-state index contributed by atoms with van der Waals surface area (Å²) in [5.41, 5.74) is 0. The molecule has 2 aliphatic rings. The van der Waals surface area contributed by atoms with Crippen molar-refractivity contribution in [1.82, 2.24) is 15.5 Å². The zero-order valence-electron chi connectivity index (χ0n) is 11.5. The number of likely N-dealkylation sites (tertiary alicyclic amines) is 1. The minimum Gasteiger partial charge on any atom is -0.314 e. The summed E-state index contributed by atoms with van der Waals surface area (Å²) in [4.78, 5) is 2.60. The van der Waals surface area contributed by atoms with E-state index >= 15 is 0 Å². The Hall–Kier alpha value is -0.120. The third kappa shape index (κ3) is 4.57. The van der Waals surface area contributed by atoms with Crippen LogP contribution in [-0.2, 0) is 0 Å². The van der Waals surface area contributed by atoms with Crippen molar-refractivity contribution in [3.8, 4) is 0 Å². The number of nitrogens with zero attached hydrogens (tertiary/aromatic N) is 1. The van der Waals surface area contributed by atoms with E-state index in [-0.39, 0.29) is 0 Å². The fourth-order valence-corrected chi connectivity index (χ4v) is 3.34. The number of rotatable bonds is 6. The van der Waals surface area contributed by atoms with Crippen LogP contribution in [0.4, 0.5) is 0 Å². The van der Waals surface area contributed by atoms with E-state index in [9.17, 15) is 0 Å². The predicted octanol–water partition coefficient (Wildman–Crippen LogP) is 1.59. The predicted molar refractivity (Wildman–Crippen MR) is 73.4 cm³/mol. The molecule has 3 nitrogen and oxygen atoms in total. The van der Waals surface area contributed by atoms with Gasteiger partial charge in [0, 0.05) is 24.7 Å². The van der Waals surface area contributed by atoms with Crippen molar-refractivity contribution >= 4 is 0 Å². The summed E-state index contributed by atoms with van der Waals surface area (Å²) in [6.45, 7) is 9.73. The van der Waals surface area contributed by atoms with Crippen molar-refractivity contribution in [3.05, 3.63) is 0 Å². The Morgan fingerprint density at radius 2 is 1.94 bits per heavy atom. The Bertz CT molecular complexity index is 186. The van der Waals surface area contributed by atoms with Crippen LogP contribution < -0.4 is 10.6 Å². The van der Waals surface area contributed by atoms with Crippen LogP contribution in [0.25, 0.3) is 0 Å². The quantitative estimate of drug-likeness (QED) is 0.737. The molecule has 17 heavy (non-hydrogen) atoms. The Morgan fingerprint density at radius 1 is 1.18 bits per heavy atom. The van der Waals surface area contributed by atoms with Gasteiger partial charge < -0.3 is 15.5 Å². The highest BCUT2D eigenvalue weighted by Crippen LogP contribution is 2.12. The second-order valence-corrected chi connectivity index (χ2v) is 6.01. The van der Waals surface area contributed by atoms with Crippen molar-refractivity contribution < 1.29 is 0 Å². The normalized spacial score (nSPS) is 29.6. The standard InChI is InChI=1S/C14H29N3/c1-12(10-14-6-5-7-15-14)16-13(2)11-17-8-3-4-9-17/h12-16H,3-11H2,1-2H3. The maximum Gasteiger partial charge on any atom is 0.0169 e. The van der Waals surface area contributed by atoms with Gasteiger partial charge in [0.15, 0.2) is 0 Å². The van der Waals surface area contributed by atoms with Crippen LogP contribution in [0.15, 0.2) is 0 Å². The van der Waals surface area contributed by atoms with Gasteiger partial charge in [-0.2, -0.15) is 0 Å². The van der Waals surface area contributed by atoms with Gasteiger partial charge in [0.1, 0.15) is 0 Å². The van der Waals surface area contributed by atoms with E-state index in [1.807, 2.05) is 0 Å². The molecule has 0 aromatic carbocycles. The van der Waals surface area contributed by atoms with Crippen LogP contribution in [0.1, 0.15) is 46.0 Å². The Balaban J connectivity index is 1.60. The lowest BCUT2D eigenvalue weighted by molar-refractivity contribution is 0.281. The molecule has 2 aliphatic heterocycles. The van der Waals surface area contributed by atoms with E-state index in [1.165, 1.54) is 58.3 Å². The summed E-state index contributed by atoms with van der Waals surface area (Å²) in [6.07, 6.45) is 6.81. The van der Waals surface area contributed by atoms with E-state index in [0.29, 0.717) is 12.1 Å². The maximum absolute atomic E-state index is 3.75. The molecule has 0 bridgehead atoms. The fourth-order valence-electron chi connectivity index (χ4n) is 3.34. The molecule has 0 aromatic rings. The third-order valence-corrected chi connectivity index (χ3v) is 4.10. The van der Waals surface area contributed by atoms with Gasteiger partial charge in [-0.25, -0.2) is 0 Å². The van der Waals surface area contributed by atoms with Crippen LogP contribution in [0.3, 0.4) is 0 Å². The molecule has 100 valence electrons. The molecule has 2 saturated heterocycles. The monoisotopic (exact) mass is 239 g/mol. The van der Waals surface area contributed by atoms with E-state index in [2.05, 4.69) is 29.4 Å². The first-order chi connectivity index (χ1) is 8.24. The zero-order chi connectivity index (χ0) is 12.1. The summed E-state index contributed by atoms with van der Waals surface area (Å²) >= 11 is 0. The van der Waals surface area contributed by atoms with Gasteiger partial charge in [0.05, 0.1) is 0 Å². The van der Waals surface area contributed by atoms with Crippen LogP contribution in [0, 0.1) is 0 Å². The molecule has 0 aliphatic carbocycles. The lowest BCUT2D eigenvalue weighted by Crippen LogP contribution is -2.44. The summed E-state index contributed by atoms with van der Waals surface area (Å²) in [5, 5.41) is 7.34. The van der Waals surface area contributed by atoms with Gasteiger partial charge in [-0.15, -0.1) is 0 Å². The molecular formula is C14H29N3. The molecule has 0 amide bonds. The van der Waals surface area contributed by atoms with E-state index in [1.54, 1.807) is 0 Å². The van der Waals surface area contributed by atoms with Crippen LogP contribution in [-0.4, -0.2) is 49.2 Å². The zero-order valence-corrected chi connectivity index (χ0v) is 11.5. The summed E-state index contributed by atoms with van der Waals surface area (Å²) in [6, 6.07) is 2.03. The second kappa shape index (κ2) is 6.72. The van der Waals surface area contributed by atoms with E-state index in [0.717, 1.165) is 6.04 Å². The second-order valence-electron chi connectivity index (χ2n) is 6.01. The summed E-state index contributed by atoms with van der Waals surface area (Å²) < 4.78 is 0. The lowest BCUT2D eigenvalue weighted by atomic mass is 10.1. The van der Waals surface area contributed by atoms with Crippen molar-refractivity contribution in [2.45, 2.75) is 64.1 Å². The fraction of sp³-hybridized carbons (Fsp3) is 1.00. The first-order valence-corrected chi connectivity index (χ1v) is 7.46. The van der Waals surface area contributed by atoms with Crippen LogP contribution in [0.5, 0.6) is 0 Å². The number of hydrogen-bond acceptors (Lipinski definition) is 3. The molecule has 3 atom stereocenters. The van der Waals surface area contributed by atoms with Crippen molar-refractivity contribution in [1.29, 1.82) is 0 Å². The summed E-state index contributed by atoms with van der Waals surface area (Å²) in [5.74, 6) is 0. The van der Waals surface area contributed by atoms with Gasteiger partial charge in [-0.1, -0.05) is 0 Å². The minimum absolute atomic E-state index is 0.629. The maximum atomic E-state index is 3.75. The molecule has 0 radical (unpaired) electrons. The molecule has 2 fully saturated rings. The number of hydrogen-bond donors (Lipinski definition) is 2. The van der Waals surface area contributed by atoms with Gasteiger partial charge in [-0.05, 0) is 65.6 Å². The Labute approximate surface area is 106 Å². The van der Waals surface area contributed by atoms with Gasteiger partial charge in [-0.3, -0.25) is 0 Å². The molecule has 2 N–H and O–H groups in total. The molecule has 3 heteroatoms. The van der Waals surface area contributed by atoms with Gasteiger partial charge >= 0.3 is 0 Å². The van der Waals surface area contributed by atoms with Gasteiger partial charge in [0.2, 0.25) is 0 Å². The molecule has 2 heterocycles. The van der Waals surface area contributed by atoms with Crippen molar-refractivity contribution in [2.75, 3.05) is 26.2 Å². The van der Waals surface area contributed by atoms with Crippen LogP contribution >= 0.6 is 0 Å². The average molecular weight is 239 g/mol. The molecular weight excluding hydrogens is 210 g/mol. The highest BCUT2D eigenvalue weighted by atomic mass is 15.2. The highest BCUT2D eigenvalue weighted by molar-refractivity contribution is 4.81. The third-order valence-electron chi connectivity index (χ3n) is 4.10. The molecule has 0 saturated carbocycles. The van der Waals surface area contributed by atoms with Crippen molar-refractivity contribution in [2.24, 2.45) is 0 Å². The SMILES string of the molecule is CC(CC1CCCN1)NC(C)CN1CCCC1. The number of nitrogens with one attached hydrogen (secondary N) is 2. The molecule has 2 rings (SSSR count). The Morgan fingerprint density at radius 3 is 2.59 bits per heavy atom. The van der Waals surface area contributed by atoms with Gasteiger partial charge in [0.25, 0.3) is 0 Å².